The van der Waals surface area contributed by atoms with Gasteiger partial charge in [-0.05, 0) is 37.1 Å². The van der Waals surface area contributed by atoms with Gasteiger partial charge in [-0.25, -0.2) is 19.2 Å². The number of hydrogen-bond acceptors (Lipinski definition) is 5. The summed E-state index contributed by atoms with van der Waals surface area (Å²) in [5.41, 5.74) is 0.301. The van der Waals surface area contributed by atoms with Crippen LogP contribution in [-0.4, -0.2) is 50.7 Å². The molecule has 0 unspecified atom stereocenters. The maximum atomic E-state index is 13.0. The van der Waals surface area contributed by atoms with Crippen molar-refractivity contribution in [3.05, 3.63) is 59.4 Å². The first-order chi connectivity index (χ1) is 12.5. The smallest absolute Gasteiger partial charge is 0.356 e. The standard InChI is InChI=1S/C18H16FN3O4/c19-13-3-1-11(2-4-13)16(23)12-5-7-22(8-6-12)17(24)14-9-21-15(10-20-14)18(25)26/h1-4,9-10,12H,5-8H2,(H,25,26). The van der Waals surface area contributed by atoms with Crippen molar-refractivity contribution in [2.24, 2.45) is 5.92 Å². The van der Waals surface area contributed by atoms with Gasteiger partial charge in [-0.15, -0.1) is 0 Å². The number of ketones is 1. The number of Topliss-reactive ketones (excluding diaryl/α,β-unsaturated/α-hetero) is 1. The van der Waals surface area contributed by atoms with E-state index in [1.165, 1.54) is 24.3 Å². The Bertz CT molecular complexity index is 829. The number of halogens is 1. The highest BCUT2D eigenvalue weighted by atomic mass is 19.1. The van der Waals surface area contributed by atoms with Crippen LogP contribution in [-0.2, 0) is 0 Å². The highest BCUT2D eigenvalue weighted by molar-refractivity contribution is 5.98. The molecule has 3 rings (SSSR count). The molecule has 2 aromatic rings. The summed E-state index contributed by atoms with van der Waals surface area (Å²) in [4.78, 5) is 44.7. The monoisotopic (exact) mass is 357 g/mol. The van der Waals surface area contributed by atoms with Crippen LogP contribution in [0.2, 0.25) is 0 Å². The van der Waals surface area contributed by atoms with Gasteiger partial charge >= 0.3 is 5.97 Å². The predicted molar refractivity (Wildman–Crippen MR) is 88.3 cm³/mol. The third-order valence-electron chi connectivity index (χ3n) is 4.37. The number of carboxylic acids is 1. The molecule has 0 radical (unpaired) electrons. The topological polar surface area (TPSA) is 100 Å². The normalized spacial score (nSPS) is 14.9. The fourth-order valence-corrected chi connectivity index (χ4v) is 2.91. The molecule has 1 aliphatic heterocycles. The van der Waals surface area contributed by atoms with Gasteiger partial charge in [0, 0.05) is 24.6 Å². The van der Waals surface area contributed by atoms with E-state index >= 15 is 0 Å². The van der Waals surface area contributed by atoms with Crippen LogP contribution in [0.1, 0.15) is 44.2 Å². The highest BCUT2D eigenvalue weighted by Crippen LogP contribution is 2.23. The Balaban J connectivity index is 1.60. The number of benzene rings is 1. The van der Waals surface area contributed by atoms with Crippen molar-refractivity contribution in [1.29, 1.82) is 0 Å². The number of carboxylic acid groups (broad SMARTS) is 1. The first-order valence-electron chi connectivity index (χ1n) is 8.10. The molecule has 134 valence electrons. The number of rotatable bonds is 4. The van der Waals surface area contributed by atoms with Crippen molar-refractivity contribution in [2.45, 2.75) is 12.8 Å². The second kappa shape index (κ2) is 7.38. The molecule has 7 nitrogen and oxygen atoms in total. The molecule has 1 aromatic carbocycles. The van der Waals surface area contributed by atoms with Gasteiger partial charge in [-0.3, -0.25) is 9.59 Å². The van der Waals surface area contributed by atoms with E-state index in [1.807, 2.05) is 0 Å². The fourth-order valence-electron chi connectivity index (χ4n) is 2.91. The molecule has 0 spiro atoms. The Hall–Kier alpha value is -3.16. The van der Waals surface area contributed by atoms with Crippen molar-refractivity contribution >= 4 is 17.7 Å². The molecule has 26 heavy (non-hydrogen) atoms. The summed E-state index contributed by atoms with van der Waals surface area (Å²) >= 11 is 0. The predicted octanol–water partition coefficient (Wildman–Crippen LogP) is 2.05. The minimum absolute atomic E-state index is 0.0531. The first-order valence-corrected chi connectivity index (χ1v) is 8.10. The Morgan fingerprint density at radius 3 is 2.12 bits per heavy atom. The summed E-state index contributed by atoms with van der Waals surface area (Å²) in [6.07, 6.45) is 3.19. The number of carbonyl (C=O) groups is 3. The second-order valence-electron chi connectivity index (χ2n) is 6.03. The second-order valence-corrected chi connectivity index (χ2v) is 6.03. The molecular weight excluding hydrogens is 341 g/mol. The van der Waals surface area contributed by atoms with Gasteiger partial charge in [0.15, 0.2) is 11.5 Å². The molecule has 1 aromatic heterocycles. The van der Waals surface area contributed by atoms with Crippen LogP contribution in [0.4, 0.5) is 4.39 Å². The molecule has 1 fully saturated rings. The average Bonchev–Trinajstić information content (AvgIpc) is 2.67. The first kappa shape index (κ1) is 17.7. The summed E-state index contributed by atoms with van der Waals surface area (Å²) in [6, 6.07) is 5.44. The molecule has 2 heterocycles. The Morgan fingerprint density at radius 1 is 1.00 bits per heavy atom. The third-order valence-corrected chi connectivity index (χ3v) is 4.37. The number of aromatic carboxylic acids is 1. The van der Waals surface area contributed by atoms with E-state index in [9.17, 15) is 18.8 Å². The van der Waals surface area contributed by atoms with Gasteiger partial charge in [0.05, 0.1) is 12.4 Å². The highest BCUT2D eigenvalue weighted by Gasteiger charge is 2.29. The summed E-state index contributed by atoms with van der Waals surface area (Å²) < 4.78 is 13.0. The zero-order chi connectivity index (χ0) is 18.7. The Kier molecular flexibility index (Phi) is 5.01. The maximum Gasteiger partial charge on any atom is 0.356 e. The van der Waals surface area contributed by atoms with E-state index < -0.39 is 11.8 Å². The van der Waals surface area contributed by atoms with E-state index in [-0.39, 0.29) is 29.0 Å². The van der Waals surface area contributed by atoms with Gasteiger partial charge in [0.1, 0.15) is 11.5 Å². The number of carbonyl (C=O) groups excluding carboxylic acids is 2. The third kappa shape index (κ3) is 3.74. The minimum Gasteiger partial charge on any atom is -0.476 e. The van der Waals surface area contributed by atoms with Crippen molar-refractivity contribution in [1.82, 2.24) is 14.9 Å². The van der Waals surface area contributed by atoms with Crippen LogP contribution in [0.25, 0.3) is 0 Å². The molecular formula is C18H16FN3O4. The maximum absolute atomic E-state index is 13.0. The largest absolute Gasteiger partial charge is 0.476 e. The molecule has 0 saturated carbocycles. The quantitative estimate of drug-likeness (QED) is 0.841. The molecule has 1 N–H and O–H groups in total. The fraction of sp³-hybridized carbons (Fsp3) is 0.278. The molecule has 8 heteroatoms. The molecule has 0 bridgehead atoms. The number of nitrogens with zero attached hydrogens (tertiary/aromatic N) is 3. The molecule has 1 amide bonds. The van der Waals surface area contributed by atoms with E-state index in [4.69, 9.17) is 5.11 Å². The van der Waals surface area contributed by atoms with Gasteiger partial charge < -0.3 is 10.0 Å². The zero-order valence-corrected chi connectivity index (χ0v) is 13.8. The van der Waals surface area contributed by atoms with Gasteiger partial charge in [-0.1, -0.05) is 0 Å². The Morgan fingerprint density at radius 2 is 1.58 bits per heavy atom. The van der Waals surface area contributed by atoms with E-state index in [0.717, 1.165) is 12.4 Å². The lowest BCUT2D eigenvalue weighted by Crippen LogP contribution is -2.40. The van der Waals surface area contributed by atoms with Crippen LogP contribution >= 0.6 is 0 Å². The van der Waals surface area contributed by atoms with Crippen LogP contribution in [0.5, 0.6) is 0 Å². The van der Waals surface area contributed by atoms with Crippen LogP contribution in [0, 0.1) is 11.7 Å². The van der Waals surface area contributed by atoms with E-state index in [0.29, 0.717) is 31.5 Å². The zero-order valence-electron chi connectivity index (χ0n) is 13.8. The van der Waals surface area contributed by atoms with Crippen molar-refractivity contribution in [3.63, 3.8) is 0 Å². The van der Waals surface area contributed by atoms with Crippen LogP contribution in [0.15, 0.2) is 36.7 Å². The van der Waals surface area contributed by atoms with Crippen molar-refractivity contribution < 1.29 is 23.9 Å². The minimum atomic E-state index is -1.21. The SMILES string of the molecule is O=C(O)c1cnc(C(=O)N2CCC(C(=O)c3ccc(F)cc3)CC2)cn1. The van der Waals surface area contributed by atoms with E-state index in [1.54, 1.807) is 4.90 Å². The molecule has 0 aliphatic carbocycles. The number of likely N-dealkylation sites (tertiary alicyclic amines) is 1. The summed E-state index contributed by atoms with van der Waals surface area (Å²) in [5, 5.41) is 8.80. The lowest BCUT2D eigenvalue weighted by molar-refractivity contribution is 0.0642. The van der Waals surface area contributed by atoms with Crippen LogP contribution < -0.4 is 0 Å². The van der Waals surface area contributed by atoms with E-state index in [2.05, 4.69) is 9.97 Å². The number of hydrogen-bond donors (Lipinski definition) is 1. The molecule has 1 saturated heterocycles. The van der Waals surface area contributed by atoms with Crippen LogP contribution in [0.3, 0.4) is 0 Å². The lowest BCUT2D eigenvalue weighted by atomic mass is 9.89. The summed E-state index contributed by atoms with van der Waals surface area (Å²) in [5.74, 6) is -2.22. The summed E-state index contributed by atoms with van der Waals surface area (Å²) in [7, 11) is 0. The van der Waals surface area contributed by atoms with Crippen molar-refractivity contribution in [3.8, 4) is 0 Å². The lowest BCUT2D eigenvalue weighted by Gasteiger charge is -2.31. The van der Waals surface area contributed by atoms with Gasteiger partial charge in [-0.2, -0.15) is 0 Å². The van der Waals surface area contributed by atoms with Crippen molar-refractivity contribution in [2.75, 3.05) is 13.1 Å². The molecule has 1 aliphatic rings. The average molecular weight is 357 g/mol. The number of amides is 1. The molecule has 0 atom stereocenters. The van der Waals surface area contributed by atoms with Gasteiger partial charge in [0.25, 0.3) is 5.91 Å². The number of piperidine rings is 1. The number of aromatic nitrogens is 2. The Labute approximate surface area is 148 Å². The van der Waals surface area contributed by atoms with Gasteiger partial charge in [0.2, 0.25) is 0 Å². The summed E-state index contributed by atoms with van der Waals surface area (Å²) in [6.45, 7) is 0.775.